The first-order valence-electron chi connectivity index (χ1n) is 9.15. The number of aromatic nitrogens is 2. The highest BCUT2D eigenvalue weighted by atomic mass is 35.5. The van der Waals surface area contributed by atoms with Crippen LogP contribution in [0.1, 0.15) is 11.3 Å². The number of hydrogen-bond donors (Lipinski definition) is 1. The minimum Gasteiger partial charge on any atom is -0.325 e. The molecule has 1 N–H and O–H groups in total. The molecule has 1 heterocycles. The van der Waals surface area contributed by atoms with Gasteiger partial charge < -0.3 is 5.32 Å². The van der Waals surface area contributed by atoms with Crippen LogP contribution in [-0.2, 0) is 11.2 Å². The lowest BCUT2D eigenvalue weighted by atomic mass is 10.1. The number of nitrogens with one attached hydrogen (secondary N) is 1. The molecule has 6 heteroatoms. The number of rotatable bonds is 6. The molecular formula is C23H18ClN3OS. The lowest BCUT2D eigenvalue weighted by Gasteiger charge is -2.10. The zero-order chi connectivity index (χ0) is 20.1. The molecule has 0 fully saturated rings. The lowest BCUT2D eigenvalue weighted by molar-refractivity contribution is -0.113. The van der Waals surface area contributed by atoms with Crippen LogP contribution in [0.4, 0.5) is 5.69 Å². The van der Waals surface area contributed by atoms with Gasteiger partial charge >= 0.3 is 0 Å². The van der Waals surface area contributed by atoms with E-state index in [9.17, 15) is 4.79 Å². The highest BCUT2D eigenvalue weighted by molar-refractivity contribution is 8.00. The molecule has 3 aromatic carbocycles. The van der Waals surface area contributed by atoms with Crippen LogP contribution < -0.4 is 5.32 Å². The van der Waals surface area contributed by atoms with Gasteiger partial charge in [0.25, 0.3) is 0 Å². The van der Waals surface area contributed by atoms with Gasteiger partial charge in [0, 0.05) is 17.1 Å². The Balaban J connectivity index is 1.53. The van der Waals surface area contributed by atoms with E-state index >= 15 is 0 Å². The summed E-state index contributed by atoms with van der Waals surface area (Å²) in [6.45, 7) is 0. The molecule has 0 spiro atoms. The van der Waals surface area contributed by atoms with Crippen molar-refractivity contribution in [3.05, 3.63) is 95.1 Å². The number of hydrogen-bond acceptors (Lipinski definition) is 4. The number of nitrogens with zero attached hydrogens (tertiary/aromatic N) is 2. The predicted molar refractivity (Wildman–Crippen MR) is 120 cm³/mol. The lowest BCUT2D eigenvalue weighted by Crippen LogP contribution is -2.14. The Morgan fingerprint density at radius 1 is 0.862 bits per heavy atom. The molecule has 1 amide bonds. The number of para-hydroxylation sites is 2. The van der Waals surface area contributed by atoms with Crippen molar-refractivity contribution in [2.75, 3.05) is 11.1 Å². The van der Waals surface area contributed by atoms with Gasteiger partial charge in [-0.2, -0.15) is 0 Å². The highest BCUT2D eigenvalue weighted by Gasteiger charge is 2.13. The van der Waals surface area contributed by atoms with E-state index in [1.807, 2.05) is 42.5 Å². The SMILES string of the molecule is O=C(CSc1nc2ccccc2nc1Cc1ccccc1)Nc1ccc(Cl)cc1. The van der Waals surface area contributed by atoms with E-state index in [2.05, 4.69) is 17.4 Å². The van der Waals surface area contributed by atoms with Gasteiger partial charge in [-0.15, -0.1) is 0 Å². The first-order chi connectivity index (χ1) is 14.2. The summed E-state index contributed by atoms with van der Waals surface area (Å²) in [5.41, 5.74) is 4.43. The number of fused-ring (bicyclic) bond motifs is 1. The van der Waals surface area contributed by atoms with Gasteiger partial charge in [0.15, 0.2) is 0 Å². The smallest absolute Gasteiger partial charge is 0.234 e. The number of benzene rings is 3. The number of carbonyl (C=O) groups is 1. The summed E-state index contributed by atoms with van der Waals surface area (Å²) in [4.78, 5) is 22.0. The number of thioether (sulfide) groups is 1. The molecule has 144 valence electrons. The molecule has 0 unspecified atom stereocenters. The number of anilines is 1. The normalized spacial score (nSPS) is 10.8. The van der Waals surface area contributed by atoms with E-state index < -0.39 is 0 Å². The van der Waals surface area contributed by atoms with Crippen molar-refractivity contribution in [1.29, 1.82) is 0 Å². The molecule has 4 rings (SSSR count). The Hall–Kier alpha value is -2.89. The van der Waals surface area contributed by atoms with Gasteiger partial charge in [-0.1, -0.05) is 65.8 Å². The van der Waals surface area contributed by atoms with E-state index in [4.69, 9.17) is 21.6 Å². The Kier molecular flexibility index (Phi) is 6.08. The number of amides is 1. The molecule has 0 aliphatic heterocycles. The van der Waals surface area contributed by atoms with Crippen LogP contribution in [-0.4, -0.2) is 21.6 Å². The minimum atomic E-state index is -0.0991. The van der Waals surface area contributed by atoms with Crippen molar-refractivity contribution >= 4 is 46.0 Å². The molecule has 4 nitrogen and oxygen atoms in total. The number of halogens is 1. The third kappa shape index (κ3) is 5.13. The third-order valence-electron chi connectivity index (χ3n) is 4.29. The van der Waals surface area contributed by atoms with Gasteiger partial charge in [-0.25, -0.2) is 9.97 Å². The summed E-state index contributed by atoms with van der Waals surface area (Å²) in [7, 11) is 0. The van der Waals surface area contributed by atoms with Crippen LogP contribution in [0.5, 0.6) is 0 Å². The molecule has 0 saturated carbocycles. The average molecular weight is 420 g/mol. The third-order valence-corrected chi connectivity index (χ3v) is 5.55. The van der Waals surface area contributed by atoms with Gasteiger partial charge in [-0.3, -0.25) is 4.79 Å². The summed E-state index contributed by atoms with van der Waals surface area (Å²) in [5.74, 6) is 0.148. The van der Waals surface area contributed by atoms with Crippen LogP contribution in [0, 0.1) is 0 Å². The van der Waals surface area contributed by atoms with Crippen molar-refractivity contribution < 1.29 is 4.79 Å². The largest absolute Gasteiger partial charge is 0.325 e. The Morgan fingerprint density at radius 2 is 1.52 bits per heavy atom. The second-order valence-corrected chi connectivity index (χ2v) is 7.87. The number of carbonyl (C=O) groups excluding carboxylic acids is 1. The van der Waals surface area contributed by atoms with Gasteiger partial charge in [0.1, 0.15) is 5.03 Å². The van der Waals surface area contributed by atoms with Crippen LogP contribution in [0.2, 0.25) is 5.02 Å². The van der Waals surface area contributed by atoms with Crippen molar-refractivity contribution in [3.63, 3.8) is 0 Å². The second-order valence-electron chi connectivity index (χ2n) is 6.47. The van der Waals surface area contributed by atoms with Crippen molar-refractivity contribution in [2.45, 2.75) is 11.4 Å². The molecule has 0 saturated heterocycles. The first kappa shape index (κ1) is 19.4. The van der Waals surface area contributed by atoms with Crippen LogP contribution in [0.3, 0.4) is 0 Å². The fourth-order valence-electron chi connectivity index (χ4n) is 2.90. The van der Waals surface area contributed by atoms with Crippen LogP contribution in [0.25, 0.3) is 11.0 Å². The Morgan fingerprint density at radius 3 is 2.24 bits per heavy atom. The van der Waals surface area contributed by atoms with Crippen molar-refractivity contribution in [3.8, 4) is 0 Å². The van der Waals surface area contributed by atoms with Gasteiger partial charge in [0.2, 0.25) is 5.91 Å². The van der Waals surface area contributed by atoms with Crippen LogP contribution >= 0.6 is 23.4 Å². The standard InChI is InChI=1S/C23H18ClN3OS/c24-17-10-12-18(13-11-17)25-22(28)15-29-23-21(14-16-6-2-1-3-7-16)26-19-8-4-5-9-20(19)27-23/h1-13H,14-15H2,(H,25,28). The summed E-state index contributed by atoms with van der Waals surface area (Å²) >= 11 is 7.29. The maximum absolute atomic E-state index is 12.4. The van der Waals surface area contributed by atoms with Gasteiger partial charge in [0.05, 0.1) is 22.5 Å². The van der Waals surface area contributed by atoms with E-state index in [1.54, 1.807) is 24.3 Å². The average Bonchev–Trinajstić information content (AvgIpc) is 2.74. The van der Waals surface area contributed by atoms with E-state index in [-0.39, 0.29) is 11.7 Å². The van der Waals surface area contributed by atoms with Gasteiger partial charge in [-0.05, 0) is 42.0 Å². The fraction of sp³-hybridized carbons (Fsp3) is 0.0870. The molecule has 29 heavy (non-hydrogen) atoms. The molecule has 0 aliphatic carbocycles. The van der Waals surface area contributed by atoms with Crippen molar-refractivity contribution in [2.24, 2.45) is 0 Å². The zero-order valence-electron chi connectivity index (χ0n) is 15.5. The Labute approximate surface area is 178 Å². The topological polar surface area (TPSA) is 54.9 Å². The molecule has 4 aromatic rings. The molecule has 0 aliphatic rings. The van der Waals surface area contributed by atoms with E-state index in [0.29, 0.717) is 17.1 Å². The summed E-state index contributed by atoms with van der Waals surface area (Å²) in [5, 5.41) is 4.29. The maximum atomic E-state index is 12.4. The highest BCUT2D eigenvalue weighted by Crippen LogP contribution is 2.25. The molecule has 0 radical (unpaired) electrons. The zero-order valence-corrected chi connectivity index (χ0v) is 17.1. The summed E-state index contributed by atoms with van der Waals surface area (Å²) in [6, 6.07) is 25.0. The van der Waals surface area contributed by atoms with E-state index in [0.717, 1.165) is 27.3 Å². The maximum Gasteiger partial charge on any atom is 0.234 e. The predicted octanol–water partition coefficient (Wildman–Crippen LogP) is 5.60. The molecule has 0 atom stereocenters. The van der Waals surface area contributed by atoms with E-state index in [1.165, 1.54) is 11.8 Å². The quantitative estimate of drug-likeness (QED) is 0.413. The Bertz CT molecular complexity index is 1130. The van der Waals surface area contributed by atoms with Crippen molar-refractivity contribution in [1.82, 2.24) is 9.97 Å². The molecule has 0 bridgehead atoms. The monoisotopic (exact) mass is 419 g/mol. The summed E-state index contributed by atoms with van der Waals surface area (Å²) < 4.78 is 0. The molecule has 1 aromatic heterocycles. The fourth-order valence-corrected chi connectivity index (χ4v) is 3.82. The molecular weight excluding hydrogens is 402 g/mol. The first-order valence-corrected chi connectivity index (χ1v) is 10.5. The minimum absolute atomic E-state index is 0.0991. The van der Waals surface area contributed by atoms with Crippen LogP contribution in [0.15, 0.2) is 83.9 Å². The summed E-state index contributed by atoms with van der Waals surface area (Å²) in [6.07, 6.45) is 0.666. The second kappa shape index (κ2) is 9.07.